The van der Waals surface area contributed by atoms with Gasteiger partial charge in [0.15, 0.2) is 0 Å². The molecular weight excluding hydrogens is 278 g/mol. The summed E-state index contributed by atoms with van der Waals surface area (Å²) < 4.78 is 1.84. The van der Waals surface area contributed by atoms with Gasteiger partial charge in [-0.2, -0.15) is 0 Å². The van der Waals surface area contributed by atoms with Crippen molar-refractivity contribution in [2.75, 3.05) is 18.0 Å². The Labute approximate surface area is 130 Å². The molecule has 0 bridgehead atoms. The number of rotatable bonds is 5. The van der Waals surface area contributed by atoms with Gasteiger partial charge in [-0.3, -0.25) is 4.79 Å². The molecular formula is C16H21N5O. The van der Waals surface area contributed by atoms with E-state index in [1.807, 2.05) is 42.1 Å². The second kappa shape index (κ2) is 6.60. The van der Waals surface area contributed by atoms with Crippen molar-refractivity contribution in [1.82, 2.24) is 19.9 Å². The van der Waals surface area contributed by atoms with Gasteiger partial charge in [0.1, 0.15) is 18.2 Å². The highest BCUT2D eigenvalue weighted by atomic mass is 16.1. The molecule has 1 N–H and O–H groups in total. The van der Waals surface area contributed by atoms with Crippen LogP contribution in [0, 0.1) is 6.92 Å². The summed E-state index contributed by atoms with van der Waals surface area (Å²) in [5.74, 6) is 1.60. The Hall–Kier alpha value is -2.37. The van der Waals surface area contributed by atoms with Crippen LogP contribution in [0.15, 0.2) is 30.6 Å². The first-order valence-corrected chi connectivity index (χ1v) is 7.68. The molecule has 22 heavy (non-hydrogen) atoms. The third-order valence-electron chi connectivity index (χ3n) is 3.75. The van der Waals surface area contributed by atoms with E-state index in [1.54, 1.807) is 0 Å². The molecule has 0 atom stereocenters. The van der Waals surface area contributed by atoms with Crippen molar-refractivity contribution in [3.8, 4) is 0 Å². The summed E-state index contributed by atoms with van der Waals surface area (Å²) in [7, 11) is 0. The molecule has 0 aliphatic carbocycles. The zero-order valence-corrected chi connectivity index (χ0v) is 12.8. The molecule has 3 heterocycles. The van der Waals surface area contributed by atoms with E-state index in [2.05, 4.69) is 20.2 Å². The molecule has 0 unspecified atom stereocenters. The maximum Gasteiger partial charge on any atom is 0.240 e. The molecule has 1 fully saturated rings. The number of nitrogens with one attached hydrogen (secondary N) is 1. The SMILES string of the molecule is Cc1cc(N2CCCC2)nc(CNC(=O)Cn2cccc2)n1. The van der Waals surface area contributed by atoms with E-state index in [-0.39, 0.29) is 5.91 Å². The van der Waals surface area contributed by atoms with Crippen molar-refractivity contribution in [2.45, 2.75) is 32.9 Å². The highest BCUT2D eigenvalue weighted by molar-refractivity contribution is 5.75. The van der Waals surface area contributed by atoms with Gasteiger partial charge in [-0.1, -0.05) is 0 Å². The van der Waals surface area contributed by atoms with Crippen LogP contribution >= 0.6 is 0 Å². The van der Waals surface area contributed by atoms with Crippen LogP contribution in [0.25, 0.3) is 0 Å². The Bertz CT molecular complexity index is 632. The fraction of sp³-hybridized carbons (Fsp3) is 0.438. The standard InChI is InChI=1S/C16H21N5O/c1-13-10-15(21-8-4-5-9-21)19-14(18-13)11-17-16(22)12-20-6-2-3-7-20/h2-3,6-7,10H,4-5,8-9,11-12H2,1H3,(H,17,22). The summed E-state index contributed by atoms with van der Waals surface area (Å²) in [4.78, 5) is 23.2. The lowest BCUT2D eigenvalue weighted by molar-refractivity contribution is -0.121. The van der Waals surface area contributed by atoms with Crippen LogP contribution in [-0.2, 0) is 17.9 Å². The molecule has 6 nitrogen and oxygen atoms in total. The predicted octanol–water partition coefficient (Wildman–Crippen LogP) is 1.50. The average Bonchev–Trinajstić information content (AvgIpc) is 3.18. The number of carbonyl (C=O) groups is 1. The first-order chi connectivity index (χ1) is 10.7. The van der Waals surface area contributed by atoms with E-state index in [0.717, 1.165) is 24.6 Å². The van der Waals surface area contributed by atoms with Crippen molar-refractivity contribution in [2.24, 2.45) is 0 Å². The van der Waals surface area contributed by atoms with Crippen molar-refractivity contribution in [3.05, 3.63) is 42.1 Å². The van der Waals surface area contributed by atoms with Gasteiger partial charge >= 0.3 is 0 Å². The highest BCUT2D eigenvalue weighted by Crippen LogP contribution is 2.18. The fourth-order valence-electron chi connectivity index (χ4n) is 2.67. The molecule has 116 valence electrons. The maximum atomic E-state index is 11.9. The Morgan fingerprint density at radius 1 is 1.23 bits per heavy atom. The van der Waals surface area contributed by atoms with E-state index in [1.165, 1.54) is 12.8 Å². The largest absolute Gasteiger partial charge is 0.357 e. The summed E-state index contributed by atoms with van der Waals surface area (Å²) >= 11 is 0. The van der Waals surface area contributed by atoms with E-state index < -0.39 is 0 Å². The summed E-state index contributed by atoms with van der Waals surface area (Å²) in [6.07, 6.45) is 6.17. The molecule has 1 aliphatic rings. The minimum absolute atomic E-state index is 0.0379. The number of anilines is 1. The highest BCUT2D eigenvalue weighted by Gasteiger charge is 2.15. The van der Waals surface area contributed by atoms with Crippen molar-refractivity contribution >= 4 is 11.7 Å². The van der Waals surface area contributed by atoms with E-state index in [4.69, 9.17) is 0 Å². The number of hydrogen-bond acceptors (Lipinski definition) is 4. The number of nitrogens with zero attached hydrogens (tertiary/aromatic N) is 4. The van der Waals surface area contributed by atoms with Crippen LogP contribution in [0.1, 0.15) is 24.4 Å². The average molecular weight is 299 g/mol. The molecule has 1 saturated heterocycles. The summed E-state index contributed by atoms with van der Waals surface area (Å²) in [5.41, 5.74) is 0.937. The van der Waals surface area contributed by atoms with Crippen LogP contribution in [0.4, 0.5) is 5.82 Å². The van der Waals surface area contributed by atoms with Gasteiger partial charge in [0.05, 0.1) is 6.54 Å². The second-order valence-electron chi connectivity index (χ2n) is 5.61. The molecule has 0 saturated carbocycles. The second-order valence-corrected chi connectivity index (χ2v) is 5.61. The third kappa shape index (κ3) is 3.63. The normalized spacial score (nSPS) is 14.3. The van der Waals surface area contributed by atoms with Gasteiger partial charge in [-0.25, -0.2) is 9.97 Å². The third-order valence-corrected chi connectivity index (χ3v) is 3.75. The topological polar surface area (TPSA) is 63.1 Å². The van der Waals surface area contributed by atoms with Crippen LogP contribution in [0.3, 0.4) is 0 Å². The van der Waals surface area contributed by atoms with Crippen molar-refractivity contribution in [3.63, 3.8) is 0 Å². The number of hydrogen-bond donors (Lipinski definition) is 1. The lowest BCUT2D eigenvalue weighted by Crippen LogP contribution is -2.28. The predicted molar refractivity (Wildman–Crippen MR) is 84.5 cm³/mol. The smallest absolute Gasteiger partial charge is 0.240 e. The lowest BCUT2D eigenvalue weighted by Gasteiger charge is -2.17. The molecule has 1 aliphatic heterocycles. The van der Waals surface area contributed by atoms with Crippen LogP contribution in [-0.4, -0.2) is 33.5 Å². The number of carbonyl (C=O) groups excluding carboxylic acids is 1. The Balaban J connectivity index is 1.60. The molecule has 0 aromatic carbocycles. The van der Waals surface area contributed by atoms with Gasteiger partial charge in [0.2, 0.25) is 5.91 Å². The van der Waals surface area contributed by atoms with Crippen molar-refractivity contribution in [1.29, 1.82) is 0 Å². The van der Waals surface area contributed by atoms with Crippen LogP contribution in [0.5, 0.6) is 0 Å². The van der Waals surface area contributed by atoms with Gasteiger partial charge in [-0.15, -0.1) is 0 Å². The molecule has 0 radical (unpaired) electrons. The van der Waals surface area contributed by atoms with E-state index >= 15 is 0 Å². The van der Waals surface area contributed by atoms with Gasteiger partial charge < -0.3 is 14.8 Å². The monoisotopic (exact) mass is 299 g/mol. The number of amides is 1. The number of aryl methyl sites for hydroxylation is 1. The quantitative estimate of drug-likeness (QED) is 0.909. The Morgan fingerprint density at radius 3 is 2.68 bits per heavy atom. The molecule has 1 amide bonds. The van der Waals surface area contributed by atoms with Gasteiger partial charge in [-0.05, 0) is 31.9 Å². The first kappa shape index (κ1) is 14.6. The van der Waals surface area contributed by atoms with Gasteiger partial charge in [0, 0.05) is 37.2 Å². The fourth-order valence-corrected chi connectivity index (χ4v) is 2.67. The lowest BCUT2D eigenvalue weighted by atomic mass is 10.4. The molecule has 3 rings (SSSR count). The Morgan fingerprint density at radius 2 is 1.95 bits per heavy atom. The van der Waals surface area contributed by atoms with Gasteiger partial charge in [0.25, 0.3) is 0 Å². The zero-order chi connectivity index (χ0) is 15.4. The van der Waals surface area contributed by atoms with E-state index in [0.29, 0.717) is 18.9 Å². The summed E-state index contributed by atoms with van der Waals surface area (Å²) in [6, 6.07) is 5.81. The number of aromatic nitrogens is 3. The van der Waals surface area contributed by atoms with Crippen LogP contribution < -0.4 is 10.2 Å². The molecule has 2 aromatic heterocycles. The Kier molecular flexibility index (Phi) is 4.37. The van der Waals surface area contributed by atoms with Crippen LogP contribution in [0.2, 0.25) is 0 Å². The molecule has 0 spiro atoms. The maximum absolute atomic E-state index is 11.9. The molecule has 6 heteroatoms. The summed E-state index contributed by atoms with van der Waals surface area (Å²) in [6.45, 7) is 4.75. The zero-order valence-electron chi connectivity index (χ0n) is 12.8. The minimum Gasteiger partial charge on any atom is -0.357 e. The van der Waals surface area contributed by atoms with Crippen molar-refractivity contribution < 1.29 is 4.79 Å². The molecule has 2 aromatic rings. The van der Waals surface area contributed by atoms with E-state index in [9.17, 15) is 4.79 Å². The first-order valence-electron chi connectivity index (χ1n) is 7.68. The summed E-state index contributed by atoms with van der Waals surface area (Å²) in [5, 5.41) is 2.88. The minimum atomic E-state index is -0.0379.